The lowest BCUT2D eigenvalue weighted by atomic mass is 10.2. The minimum Gasteiger partial charge on any atom is -0.495 e. The second-order valence-corrected chi connectivity index (χ2v) is 8.45. The van der Waals surface area contributed by atoms with Crippen LogP contribution in [0, 0.1) is 0 Å². The van der Waals surface area contributed by atoms with Crippen LogP contribution < -0.4 is 20.3 Å². The lowest BCUT2D eigenvalue weighted by molar-refractivity contribution is -0.130. The van der Waals surface area contributed by atoms with Gasteiger partial charge in [0.1, 0.15) is 16.7 Å². The zero-order valence-electron chi connectivity index (χ0n) is 16.0. The Morgan fingerprint density at radius 2 is 1.93 bits per heavy atom. The van der Waals surface area contributed by atoms with Crippen LogP contribution in [0.15, 0.2) is 47.4 Å². The van der Waals surface area contributed by atoms with E-state index >= 15 is 0 Å². The fourth-order valence-electron chi connectivity index (χ4n) is 2.83. The molecule has 3 rings (SSSR count). The molecule has 2 aromatic carbocycles. The molecule has 0 aromatic heterocycles. The summed E-state index contributed by atoms with van der Waals surface area (Å²) in [6.07, 6.45) is 0.722. The summed E-state index contributed by atoms with van der Waals surface area (Å²) in [5.41, 5.74) is 4.73. The summed E-state index contributed by atoms with van der Waals surface area (Å²) in [5.74, 6) is -0.852. The number of methoxy groups -OCH3 is 1. The van der Waals surface area contributed by atoms with Gasteiger partial charge in [-0.2, -0.15) is 0 Å². The SMILES string of the molecule is COc1ccccc1NS(=O)(=O)c1cc(C(=O)NNC(=O)C2CCCO2)ccc1Cl. The van der Waals surface area contributed by atoms with Gasteiger partial charge in [0.15, 0.2) is 0 Å². The van der Waals surface area contributed by atoms with Crippen LogP contribution in [0.5, 0.6) is 5.75 Å². The normalized spacial score (nSPS) is 16.0. The molecule has 0 spiro atoms. The molecule has 2 amide bonds. The maximum atomic E-state index is 12.8. The molecule has 30 heavy (non-hydrogen) atoms. The van der Waals surface area contributed by atoms with Crippen LogP contribution in [0.4, 0.5) is 5.69 Å². The Bertz CT molecular complexity index is 1050. The van der Waals surface area contributed by atoms with E-state index in [-0.39, 0.29) is 21.2 Å². The molecule has 1 aliphatic rings. The van der Waals surface area contributed by atoms with E-state index in [4.69, 9.17) is 21.1 Å². The summed E-state index contributed by atoms with van der Waals surface area (Å²) >= 11 is 6.07. The summed E-state index contributed by atoms with van der Waals surface area (Å²) in [5, 5.41) is -0.0719. The molecule has 1 unspecified atom stereocenters. The molecule has 11 heteroatoms. The molecule has 1 heterocycles. The molecule has 1 aliphatic heterocycles. The highest BCUT2D eigenvalue weighted by atomic mass is 35.5. The first-order valence-electron chi connectivity index (χ1n) is 8.99. The molecule has 9 nitrogen and oxygen atoms in total. The topological polar surface area (TPSA) is 123 Å². The molecule has 0 radical (unpaired) electrons. The van der Waals surface area contributed by atoms with E-state index in [1.165, 1.54) is 25.3 Å². The van der Waals surface area contributed by atoms with Crippen molar-refractivity contribution in [3.8, 4) is 5.75 Å². The molecule has 1 fully saturated rings. The summed E-state index contributed by atoms with van der Waals surface area (Å²) in [4.78, 5) is 24.0. The molecular formula is C19H20ClN3O6S. The maximum absolute atomic E-state index is 12.8. The number of anilines is 1. The standard InChI is InChI=1S/C19H20ClN3O6S/c1-28-15-6-3-2-5-14(15)23-30(26,27)17-11-12(8-9-13(17)20)18(24)21-22-19(25)16-7-4-10-29-16/h2-3,5-6,8-9,11,16,23H,4,7,10H2,1H3,(H,21,24)(H,22,25). The Morgan fingerprint density at radius 1 is 1.17 bits per heavy atom. The van der Waals surface area contributed by atoms with Gasteiger partial charge in [-0.15, -0.1) is 0 Å². The number of nitrogens with one attached hydrogen (secondary N) is 3. The van der Waals surface area contributed by atoms with Crippen LogP contribution in [-0.2, 0) is 19.6 Å². The third-order valence-corrected chi connectivity index (χ3v) is 6.20. The van der Waals surface area contributed by atoms with E-state index in [0.29, 0.717) is 18.8 Å². The minimum absolute atomic E-state index is 0.00700. The van der Waals surface area contributed by atoms with Crippen molar-refractivity contribution in [1.82, 2.24) is 10.9 Å². The van der Waals surface area contributed by atoms with E-state index < -0.39 is 27.9 Å². The van der Waals surface area contributed by atoms with Crippen LogP contribution >= 0.6 is 11.6 Å². The average Bonchev–Trinajstić information content (AvgIpc) is 3.27. The van der Waals surface area contributed by atoms with Gasteiger partial charge in [-0.3, -0.25) is 25.2 Å². The van der Waals surface area contributed by atoms with Crippen molar-refractivity contribution in [3.05, 3.63) is 53.1 Å². The summed E-state index contributed by atoms with van der Waals surface area (Å²) in [6.45, 7) is 0.490. The van der Waals surface area contributed by atoms with Crippen LogP contribution in [0.2, 0.25) is 5.02 Å². The Hall–Kier alpha value is -2.82. The molecule has 2 aromatic rings. The fraction of sp³-hybridized carbons (Fsp3) is 0.263. The first kappa shape index (κ1) is 21.9. The molecule has 0 saturated carbocycles. The van der Waals surface area contributed by atoms with Crippen LogP contribution in [0.3, 0.4) is 0 Å². The van der Waals surface area contributed by atoms with Gasteiger partial charge in [-0.05, 0) is 43.2 Å². The van der Waals surface area contributed by atoms with Crippen molar-refractivity contribution in [3.63, 3.8) is 0 Å². The summed E-state index contributed by atoms with van der Waals surface area (Å²) in [7, 11) is -2.71. The van der Waals surface area contributed by atoms with E-state index in [1.54, 1.807) is 18.2 Å². The maximum Gasteiger partial charge on any atom is 0.269 e. The quantitative estimate of drug-likeness (QED) is 0.575. The van der Waals surface area contributed by atoms with Gasteiger partial charge < -0.3 is 9.47 Å². The Balaban J connectivity index is 1.76. The number of carbonyl (C=O) groups excluding carboxylic acids is 2. The van der Waals surface area contributed by atoms with Crippen molar-refractivity contribution in [2.45, 2.75) is 23.8 Å². The zero-order valence-corrected chi connectivity index (χ0v) is 17.5. The highest BCUT2D eigenvalue weighted by Crippen LogP contribution is 2.29. The average molecular weight is 454 g/mol. The summed E-state index contributed by atoms with van der Waals surface area (Å²) in [6, 6.07) is 10.2. The first-order valence-corrected chi connectivity index (χ1v) is 10.8. The zero-order chi connectivity index (χ0) is 21.7. The number of benzene rings is 2. The smallest absolute Gasteiger partial charge is 0.269 e. The second-order valence-electron chi connectivity index (χ2n) is 6.40. The third-order valence-electron chi connectivity index (χ3n) is 4.36. The molecule has 3 N–H and O–H groups in total. The van der Waals surface area contributed by atoms with E-state index in [9.17, 15) is 18.0 Å². The number of sulfonamides is 1. The lowest BCUT2D eigenvalue weighted by Crippen LogP contribution is -2.46. The van der Waals surface area contributed by atoms with E-state index in [1.807, 2.05) is 0 Å². The highest BCUT2D eigenvalue weighted by Gasteiger charge is 2.25. The van der Waals surface area contributed by atoms with Crippen molar-refractivity contribution >= 4 is 39.1 Å². The number of ether oxygens (including phenoxy) is 2. The van der Waals surface area contributed by atoms with Crippen molar-refractivity contribution in [2.75, 3.05) is 18.4 Å². The molecule has 160 valence electrons. The minimum atomic E-state index is -4.13. The molecule has 1 atom stereocenters. The summed E-state index contributed by atoms with van der Waals surface area (Å²) < 4.78 is 38.4. The van der Waals surface area contributed by atoms with Gasteiger partial charge in [0, 0.05) is 12.2 Å². The number of amides is 2. The van der Waals surface area contributed by atoms with Crippen molar-refractivity contribution < 1.29 is 27.5 Å². The van der Waals surface area contributed by atoms with Crippen LogP contribution in [-0.4, -0.2) is 40.1 Å². The van der Waals surface area contributed by atoms with Gasteiger partial charge in [-0.1, -0.05) is 23.7 Å². The van der Waals surface area contributed by atoms with Gasteiger partial charge in [0.2, 0.25) is 0 Å². The highest BCUT2D eigenvalue weighted by molar-refractivity contribution is 7.92. The number of halogens is 1. The van der Waals surface area contributed by atoms with Crippen molar-refractivity contribution in [1.29, 1.82) is 0 Å². The van der Waals surface area contributed by atoms with Gasteiger partial charge in [0.05, 0.1) is 17.8 Å². The van der Waals surface area contributed by atoms with Crippen LogP contribution in [0.25, 0.3) is 0 Å². The Labute approximate surface area is 178 Å². The van der Waals surface area contributed by atoms with Crippen LogP contribution in [0.1, 0.15) is 23.2 Å². The molecule has 1 saturated heterocycles. The largest absolute Gasteiger partial charge is 0.495 e. The predicted octanol–water partition coefficient (Wildman–Crippen LogP) is 2.09. The van der Waals surface area contributed by atoms with Gasteiger partial charge >= 0.3 is 0 Å². The molecular weight excluding hydrogens is 434 g/mol. The number of hydrogen-bond acceptors (Lipinski definition) is 6. The fourth-order valence-corrected chi connectivity index (χ4v) is 4.43. The number of rotatable bonds is 6. The van der Waals surface area contributed by atoms with E-state index in [2.05, 4.69) is 15.6 Å². The Morgan fingerprint density at radius 3 is 2.63 bits per heavy atom. The predicted molar refractivity (Wildman–Crippen MR) is 110 cm³/mol. The first-order chi connectivity index (χ1) is 14.3. The van der Waals surface area contributed by atoms with Gasteiger partial charge in [0.25, 0.3) is 21.8 Å². The molecule has 0 bridgehead atoms. The monoisotopic (exact) mass is 453 g/mol. The van der Waals surface area contributed by atoms with E-state index in [0.717, 1.165) is 12.5 Å². The number of hydrazine groups is 1. The third kappa shape index (κ3) is 5.02. The van der Waals surface area contributed by atoms with Crippen molar-refractivity contribution in [2.24, 2.45) is 0 Å². The molecule has 0 aliphatic carbocycles. The number of para-hydroxylation sites is 2. The lowest BCUT2D eigenvalue weighted by Gasteiger charge is -2.14. The second kappa shape index (κ2) is 9.33. The number of carbonyl (C=O) groups is 2. The Kier molecular flexibility index (Phi) is 6.80. The van der Waals surface area contributed by atoms with Gasteiger partial charge in [-0.25, -0.2) is 8.42 Å². The number of hydrogen-bond donors (Lipinski definition) is 3.